The highest BCUT2D eigenvalue weighted by atomic mass is 16.5. The first-order chi connectivity index (χ1) is 8.74. The summed E-state index contributed by atoms with van der Waals surface area (Å²) in [7, 11) is 0. The van der Waals surface area contributed by atoms with E-state index in [1.165, 1.54) is 12.8 Å². The number of nitrogens with zero attached hydrogens (tertiary/aromatic N) is 1. The van der Waals surface area contributed by atoms with E-state index < -0.39 is 0 Å². The molecular formula is C13H24N2O3. The molecule has 0 aromatic rings. The molecule has 5 heteroatoms. The van der Waals surface area contributed by atoms with Crippen molar-refractivity contribution in [3.63, 3.8) is 0 Å². The maximum atomic E-state index is 11.8. The lowest BCUT2D eigenvalue weighted by Gasteiger charge is -2.20. The summed E-state index contributed by atoms with van der Waals surface area (Å²) in [6.45, 7) is 4.44. The first kappa shape index (κ1) is 14.8. The van der Waals surface area contributed by atoms with Crippen molar-refractivity contribution < 1.29 is 14.3 Å². The molecule has 0 unspecified atom stereocenters. The third kappa shape index (κ3) is 5.89. The van der Waals surface area contributed by atoms with Crippen molar-refractivity contribution in [2.24, 2.45) is 0 Å². The van der Waals surface area contributed by atoms with E-state index in [-0.39, 0.29) is 12.0 Å². The van der Waals surface area contributed by atoms with Crippen LogP contribution in [-0.2, 0) is 9.53 Å². The lowest BCUT2D eigenvalue weighted by molar-refractivity contribution is -0.143. The molecule has 0 radical (unpaired) electrons. The highest BCUT2D eigenvalue weighted by Crippen LogP contribution is 2.09. The molecule has 0 aliphatic carbocycles. The molecule has 1 fully saturated rings. The minimum Gasteiger partial charge on any atom is -0.466 e. The van der Waals surface area contributed by atoms with Crippen LogP contribution >= 0.6 is 0 Å². The number of hydrogen-bond acceptors (Lipinski definition) is 3. The van der Waals surface area contributed by atoms with E-state index in [1.54, 1.807) is 6.92 Å². The van der Waals surface area contributed by atoms with Crippen LogP contribution in [0.5, 0.6) is 0 Å². The first-order valence-electron chi connectivity index (χ1n) is 6.92. The Morgan fingerprint density at radius 1 is 1.17 bits per heavy atom. The second-order valence-corrected chi connectivity index (χ2v) is 4.54. The number of likely N-dealkylation sites (tertiary alicyclic amines) is 1. The number of carbonyl (C=O) groups is 2. The number of urea groups is 1. The number of nitrogens with one attached hydrogen (secondary N) is 1. The summed E-state index contributed by atoms with van der Waals surface area (Å²) in [6.07, 6.45) is 5.62. The van der Waals surface area contributed by atoms with Crippen molar-refractivity contribution in [1.29, 1.82) is 0 Å². The van der Waals surface area contributed by atoms with Gasteiger partial charge in [-0.3, -0.25) is 4.79 Å². The Morgan fingerprint density at radius 3 is 2.44 bits per heavy atom. The number of esters is 1. The van der Waals surface area contributed by atoms with E-state index in [0.29, 0.717) is 26.0 Å². The molecule has 18 heavy (non-hydrogen) atoms. The maximum Gasteiger partial charge on any atom is 0.317 e. The number of ether oxygens (including phenoxy) is 1. The van der Waals surface area contributed by atoms with Gasteiger partial charge in [0.1, 0.15) is 0 Å². The van der Waals surface area contributed by atoms with Crippen LogP contribution in [0.25, 0.3) is 0 Å². The fraction of sp³-hybridized carbons (Fsp3) is 0.846. The topological polar surface area (TPSA) is 58.6 Å². The van der Waals surface area contributed by atoms with Gasteiger partial charge in [-0.15, -0.1) is 0 Å². The van der Waals surface area contributed by atoms with Crippen LogP contribution in [0.15, 0.2) is 0 Å². The lowest BCUT2D eigenvalue weighted by atomic mass is 10.2. The molecule has 1 aliphatic heterocycles. The van der Waals surface area contributed by atoms with Gasteiger partial charge in [-0.05, 0) is 26.2 Å². The van der Waals surface area contributed by atoms with Crippen LogP contribution in [0.2, 0.25) is 0 Å². The van der Waals surface area contributed by atoms with Gasteiger partial charge in [-0.1, -0.05) is 12.8 Å². The zero-order chi connectivity index (χ0) is 13.2. The van der Waals surface area contributed by atoms with Crippen LogP contribution in [0.1, 0.15) is 45.4 Å². The summed E-state index contributed by atoms with van der Waals surface area (Å²) in [6, 6.07) is 0.000703. The van der Waals surface area contributed by atoms with Crippen molar-refractivity contribution in [2.75, 3.05) is 26.2 Å². The van der Waals surface area contributed by atoms with Gasteiger partial charge >= 0.3 is 12.0 Å². The Labute approximate surface area is 109 Å². The first-order valence-corrected chi connectivity index (χ1v) is 6.92. The molecule has 0 aromatic carbocycles. The zero-order valence-corrected chi connectivity index (χ0v) is 11.2. The lowest BCUT2D eigenvalue weighted by Crippen LogP contribution is -2.40. The molecule has 1 heterocycles. The highest BCUT2D eigenvalue weighted by Gasteiger charge is 2.14. The van der Waals surface area contributed by atoms with Crippen molar-refractivity contribution in [1.82, 2.24) is 10.2 Å². The molecule has 1 saturated heterocycles. The summed E-state index contributed by atoms with van der Waals surface area (Å²) in [4.78, 5) is 24.8. The van der Waals surface area contributed by atoms with Gasteiger partial charge in [0.05, 0.1) is 6.61 Å². The Kier molecular flexibility index (Phi) is 7.22. The van der Waals surface area contributed by atoms with E-state index in [9.17, 15) is 9.59 Å². The average molecular weight is 256 g/mol. The number of carbonyl (C=O) groups excluding carboxylic acids is 2. The van der Waals surface area contributed by atoms with E-state index >= 15 is 0 Å². The molecule has 0 bridgehead atoms. The van der Waals surface area contributed by atoms with Gasteiger partial charge in [0.2, 0.25) is 0 Å². The fourth-order valence-corrected chi connectivity index (χ4v) is 2.05. The molecule has 1 rings (SSSR count). The second-order valence-electron chi connectivity index (χ2n) is 4.54. The van der Waals surface area contributed by atoms with Gasteiger partial charge in [0.25, 0.3) is 0 Å². The van der Waals surface area contributed by atoms with Crippen LogP contribution in [0.4, 0.5) is 4.79 Å². The van der Waals surface area contributed by atoms with Crippen molar-refractivity contribution in [3.8, 4) is 0 Å². The molecule has 0 aromatic heterocycles. The Bertz CT molecular complexity index is 261. The molecular weight excluding hydrogens is 232 g/mol. The summed E-state index contributed by atoms with van der Waals surface area (Å²) in [5, 5.41) is 2.86. The minimum atomic E-state index is -0.193. The Morgan fingerprint density at radius 2 is 1.83 bits per heavy atom. The average Bonchev–Trinajstić information content (AvgIpc) is 2.63. The van der Waals surface area contributed by atoms with Crippen molar-refractivity contribution in [3.05, 3.63) is 0 Å². The summed E-state index contributed by atoms with van der Waals surface area (Å²) in [5.41, 5.74) is 0. The van der Waals surface area contributed by atoms with Gasteiger partial charge in [-0.25, -0.2) is 4.79 Å². The van der Waals surface area contributed by atoms with Crippen LogP contribution < -0.4 is 5.32 Å². The van der Waals surface area contributed by atoms with Crippen LogP contribution in [-0.4, -0.2) is 43.1 Å². The fourth-order valence-electron chi connectivity index (χ4n) is 2.05. The predicted molar refractivity (Wildman–Crippen MR) is 69.3 cm³/mol. The summed E-state index contributed by atoms with van der Waals surface area (Å²) < 4.78 is 4.82. The molecule has 1 aliphatic rings. The number of hydrogen-bond donors (Lipinski definition) is 1. The van der Waals surface area contributed by atoms with E-state index in [2.05, 4.69) is 5.32 Å². The molecule has 0 saturated carbocycles. The minimum absolute atomic E-state index is 0.000703. The summed E-state index contributed by atoms with van der Waals surface area (Å²) >= 11 is 0. The summed E-state index contributed by atoms with van der Waals surface area (Å²) in [5.74, 6) is -0.193. The van der Waals surface area contributed by atoms with Crippen LogP contribution in [0, 0.1) is 0 Å². The van der Waals surface area contributed by atoms with Gasteiger partial charge in [0.15, 0.2) is 0 Å². The SMILES string of the molecule is CCOC(=O)CCCNC(=O)N1CCCCCC1. The van der Waals surface area contributed by atoms with Crippen LogP contribution in [0.3, 0.4) is 0 Å². The quantitative estimate of drug-likeness (QED) is 0.604. The highest BCUT2D eigenvalue weighted by molar-refractivity contribution is 5.74. The van der Waals surface area contributed by atoms with Gasteiger partial charge in [-0.2, -0.15) is 0 Å². The smallest absolute Gasteiger partial charge is 0.317 e. The number of rotatable bonds is 5. The maximum absolute atomic E-state index is 11.8. The Balaban J connectivity index is 2.10. The normalized spacial score (nSPS) is 15.9. The third-order valence-electron chi connectivity index (χ3n) is 3.03. The number of amides is 2. The zero-order valence-electron chi connectivity index (χ0n) is 11.2. The second kappa shape index (κ2) is 8.78. The van der Waals surface area contributed by atoms with Gasteiger partial charge < -0.3 is 15.0 Å². The van der Waals surface area contributed by atoms with E-state index in [1.807, 2.05) is 4.90 Å². The van der Waals surface area contributed by atoms with Gasteiger partial charge in [0, 0.05) is 26.1 Å². The largest absolute Gasteiger partial charge is 0.466 e. The van der Waals surface area contributed by atoms with Crippen molar-refractivity contribution in [2.45, 2.75) is 45.4 Å². The standard InChI is InChI=1S/C13H24N2O3/c1-2-18-12(16)8-7-9-14-13(17)15-10-5-3-4-6-11-15/h2-11H2,1H3,(H,14,17). The molecule has 0 atom stereocenters. The molecule has 2 amide bonds. The van der Waals surface area contributed by atoms with E-state index in [4.69, 9.17) is 4.74 Å². The molecule has 104 valence electrons. The predicted octanol–water partition coefficient (Wildman–Crippen LogP) is 1.92. The molecule has 5 nitrogen and oxygen atoms in total. The Hall–Kier alpha value is -1.26. The van der Waals surface area contributed by atoms with Crippen molar-refractivity contribution >= 4 is 12.0 Å². The van der Waals surface area contributed by atoms with E-state index in [0.717, 1.165) is 25.9 Å². The third-order valence-corrected chi connectivity index (χ3v) is 3.03. The molecule has 1 N–H and O–H groups in total. The molecule has 0 spiro atoms. The monoisotopic (exact) mass is 256 g/mol.